The SMILES string of the molecule is COc1cccc(Sc2nc(N)nc3ccccc23)c1. The number of nitrogen functional groups attached to an aromatic ring is 1. The molecule has 0 unspecified atom stereocenters. The van der Waals surface area contributed by atoms with Gasteiger partial charge in [-0.1, -0.05) is 36.0 Å². The second kappa shape index (κ2) is 5.38. The lowest BCUT2D eigenvalue weighted by Crippen LogP contribution is -1.97. The van der Waals surface area contributed by atoms with E-state index in [1.54, 1.807) is 18.9 Å². The van der Waals surface area contributed by atoms with Gasteiger partial charge in [-0.2, -0.15) is 0 Å². The molecule has 1 heterocycles. The lowest BCUT2D eigenvalue weighted by Gasteiger charge is -2.07. The molecular weight excluding hydrogens is 270 g/mol. The summed E-state index contributed by atoms with van der Waals surface area (Å²) in [5, 5.41) is 1.84. The van der Waals surface area contributed by atoms with Gasteiger partial charge in [-0.15, -0.1) is 0 Å². The van der Waals surface area contributed by atoms with E-state index in [0.717, 1.165) is 26.6 Å². The molecule has 4 nitrogen and oxygen atoms in total. The number of rotatable bonds is 3. The van der Waals surface area contributed by atoms with Gasteiger partial charge < -0.3 is 10.5 Å². The molecule has 0 aliphatic carbocycles. The van der Waals surface area contributed by atoms with Crippen molar-refractivity contribution in [2.24, 2.45) is 0 Å². The normalized spacial score (nSPS) is 10.7. The van der Waals surface area contributed by atoms with Gasteiger partial charge in [-0.05, 0) is 24.3 Å². The number of nitrogens with zero attached hydrogens (tertiary/aromatic N) is 2. The Labute approximate surface area is 121 Å². The van der Waals surface area contributed by atoms with Crippen molar-refractivity contribution in [3.05, 3.63) is 48.5 Å². The molecule has 20 heavy (non-hydrogen) atoms. The molecule has 0 spiro atoms. The highest BCUT2D eigenvalue weighted by molar-refractivity contribution is 7.99. The first-order valence-corrected chi connectivity index (χ1v) is 6.92. The quantitative estimate of drug-likeness (QED) is 0.747. The summed E-state index contributed by atoms with van der Waals surface area (Å²) in [7, 11) is 1.65. The minimum Gasteiger partial charge on any atom is -0.497 e. The molecule has 3 rings (SSSR count). The highest BCUT2D eigenvalue weighted by atomic mass is 32.2. The van der Waals surface area contributed by atoms with Crippen LogP contribution in [0, 0.1) is 0 Å². The van der Waals surface area contributed by atoms with Crippen LogP contribution in [0.25, 0.3) is 10.9 Å². The Morgan fingerprint density at radius 1 is 1.05 bits per heavy atom. The summed E-state index contributed by atoms with van der Waals surface area (Å²) in [6, 6.07) is 15.7. The molecular formula is C15H13N3OS. The van der Waals surface area contributed by atoms with Crippen molar-refractivity contribution in [2.75, 3.05) is 12.8 Å². The third-order valence-corrected chi connectivity index (χ3v) is 3.84. The van der Waals surface area contributed by atoms with E-state index >= 15 is 0 Å². The number of hydrogen-bond acceptors (Lipinski definition) is 5. The summed E-state index contributed by atoms with van der Waals surface area (Å²) in [5.74, 6) is 1.11. The number of aromatic nitrogens is 2. The number of hydrogen-bond donors (Lipinski definition) is 1. The molecule has 100 valence electrons. The first kappa shape index (κ1) is 12.7. The van der Waals surface area contributed by atoms with Crippen molar-refractivity contribution >= 4 is 28.6 Å². The Hall–Kier alpha value is -2.27. The summed E-state index contributed by atoms with van der Waals surface area (Å²) in [6.45, 7) is 0. The van der Waals surface area contributed by atoms with E-state index in [1.165, 1.54) is 0 Å². The predicted molar refractivity (Wildman–Crippen MR) is 81.1 cm³/mol. The van der Waals surface area contributed by atoms with Crippen molar-refractivity contribution in [1.29, 1.82) is 0 Å². The number of para-hydroxylation sites is 1. The van der Waals surface area contributed by atoms with E-state index < -0.39 is 0 Å². The summed E-state index contributed by atoms with van der Waals surface area (Å²) < 4.78 is 5.23. The van der Waals surface area contributed by atoms with Crippen LogP contribution in [0.3, 0.4) is 0 Å². The van der Waals surface area contributed by atoms with Crippen LogP contribution in [0.2, 0.25) is 0 Å². The Morgan fingerprint density at radius 2 is 1.90 bits per heavy atom. The van der Waals surface area contributed by atoms with E-state index in [1.807, 2.05) is 48.5 Å². The maximum absolute atomic E-state index is 5.77. The molecule has 0 aliphatic heterocycles. The number of benzene rings is 2. The van der Waals surface area contributed by atoms with E-state index in [2.05, 4.69) is 9.97 Å². The molecule has 0 aliphatic rings. The van der Waals surface area contributed by atoms with Crippen molar-refractivity contribution < 1.29 is 4.74 Å². The third kappa shape index (κ3) is 2.53. The highest BCUT2D eigenvalue weighted by Gasteiger charge is 2.08. The van der Waals surface area contributed by atoms with Gasteiger partial charge in [-0.25, -0.2) is 9.97 Å². The standard InChI is InChI=1S/C15H13N3OS/c1-19-10-5-4-6-11(9-10)20-14-12-7-2-3-8-13(12)17-15(16)18-14/h2-9H,1H3,(H2,16,17,18). The van der Waals surface area contributed by atoms with Gasteiger partial charge in [0.2, 0.25) is 5.95 Å². The monoisotopic (exact) mass is 283 g/mol. The topological polar surface area (TPSA) is 61.0 Å². The summed E-state index contributed by atoms with van der Waals surface area (Å²) >= 11 is 1.55. The zero-order chi connectivity index (χ0) is 13.9. The van der Waals surface area contributed by atoms with Crippen molar-refractivity contribution in [2.45, 2.75) is 9.92 Å². The number of anilines is 1. The lowest BCUT2D eigenvalue weighted by atomic mass is 10.2. The van der Waals surface area contributed by atoms with Gasteiger partial charge >= 0.3 is 0 Å². The Bertz CT molecular complexity index is 761. The second-order valence-corrected chi connectivity index (χ2v) is 5.25. The lowest BCUT2D eigenvalue weighted by molar-refractivity contribution is 0.413. The minimum atomic E-state index is 0.286. The first-order valence-electron chi connectivity index (χ1n) is 6.10. The van der Waals surface area contributed by atoms with E-state index in [0.29, 0.717) is 0 Å². The van der Waals surface area contributed by atoms with Crippen LogP contribution in [0.5, 0.6) is 5.75 Å². The van der Waals surface area contributed by atoms with Crippen molar-refractivity contribution in [3.8, 4) is 5.75 Å². The molecule has 2 N–H and O–H groups in total. The summed E-state index contributed by atoms with van der Waals surface area (Å²) in [6.07, 6.45) is 0. The maximum atomic E-state index is 5.77. The van der Waals surface area contributed by atoms with Crippen molar-refractivity contribution in [1.82, 2.24) is 9.97 Å². The molecule has 0 fully saturated rings. The molecule has 5 heteroatoms. The van der Waals surface area contributed by atoms with E-state index in [9.17, 15) is 0 Å². The van der Waals surface area contributed by atoms with Crippen molar-refractivity contribution in [3.63, 3.8) is 0 Å². The molecule has 3 aromatic rings. The van der Waals surface area contributed by atoms with Gasteiger partial charge in [0.1, 0.15) is 10.8 Å². The fourth-order valence-corrected chi connectivity index (χ4v) is 2.89. The number of fused-ring (bicyclic) bond motifs is 1. The van der Waals surface area contributed by atoms with Crippen LogP contribution in [0.4, 0.5) is 5.95 Å². The molecule has 0 atom stereocenters. The number of ether oxygens (including phenoxy) is 1. The molecule has 0 saturated carbocycles. The molecule has 1 aromatic heterocycles. The van der Waals surface area contributed by atoms with Crippen LogP contribution in [0.15, 0.2) is 58.5 Å². The first-order chi connectivity index (χ1) is 9.76. The molecule has 0 radical (unpaired) electrons. The van der Waals surface area contributed by atoms with Crippen LogP contribution in [-0.4, -0.2) is 17.1 Å². The largest absolute Gasteiger partial charge is 0.497 e. The third-order valence-electron chi connectivity index (χ3n) is 2.84. The second-order valence-electron chi connectivity index (χ2n) is 4.19. The van der Waals surface area contributed by atoms with Crippen LogP contribution < -0.4 is 10.5 Å². The Kier molecular flexibility index (Phi) is 3.43. The van der Waals surface area contributed by atoms with Crippen LogP contribution in [0.1, 0.15) is 0 Å². The average Bonchev–Trinajstić information content (AvgIpc) is 2.47. The number of nitrogens with two attached hydrogens (primary N) is 1. The van der Waals surface area contributed by atoms with Gasteiger partial charge in [-0.3, -0.25) is 0 Å². The zero-order valence-electron chi connectivity index (χ0n) is 10.9. The fourth-order valence-electron chi connectivity index (χ4n) is 1.92. The average molecular weight is 283 g/mol. The van der Waals surface area contributed by atoms with Gasteiger partial charge in [0.25, 0.3) is 0 Å². The van der Waals surface area contributed by atoms with E-state index in [4.69, 9.17) is 10.5 Å². The predicted octanol–water partition coefficient (Wildman–Crippen LogP) is 3.37. The molecule has 0 bridgehead atoms. The Morgan fingerprint density at radius 3 is 2.75 bits per heavy atom. The summed E-state index contributed by atoms with van der Waals surface area (Å²) in [5.41, 5.74) is 6.63. The smallest absolute Gasteiger partial charge is 0.221 e. The van der Waals surface area contributed by atoms with Crippen LogP contribution in [-0.2, 0) is 0 Å². The van der Waals surface area contributed by atoms with Gasteiger partial charge in [0.05, 0.1) is 12.6 Å². The Balaban J connectivity index is 2.05. The molecule has 2 aromatic carbocycles. The fraction of sp³-hybridized carbons (Fsp3) is 0.0667. The van der Waals surface area contributed by atoms with Gasteiger partial charge in [0.15, 0.2) is 0 Å². The zero-order valence-corrected chi connectivity index (χ0v) is 11.7. The highest BCUT2D eigenvalue weighted by Crippen LogP contribution is 2.33. The summed E-state index contributed by atoms with van der Waals surface area (Å²) in [4.78, 5) is 9.63. The van der Waals surface area contributed by atoms with Gasteiger partial charge in [0, 0.05) is 10.3 Å². The van der Waals surface area contributed by atoms with Crippen LogP contribution >= 0.6 is 11.8 Å². The number of methoxy groups -OCH3 is 1. The molecule has 0 amide bonds. The van der Waals surface area contributed by atoms with E-state index in [-0.39, 0.29) is 5.95 Å². The molecule has 0 saturated heterocycles. The minimum absolute atomic E-state index is 0.286. The maximum Gasteiger partial charge on any atom is 0.221 e.